The third-order valence-electron chi connectivity index (χ3n) is 4.75. The van der Waals surface area contributed by atoms with Crippen molar-refractivity contribution in [3.63, 3.8) is 0 Å². The Kier molecular flexibility index (Phi) is 4.79. The third kappa shape index (κ3) is 3.63. The molecule has 0 aromatic carbocycles. The van der Waals surface area contributed by atoms with Crippen LogP contribution in [0.15, 0.2) is 12.1 Å². The van der Waals surface area contributed by atoms with Gasteiger partial charge >= 0.3 is 0 Å². The van der Waals surface area contributed by atoms with Gasteiger partial charge in [-0.2, -0.15) is 0 Å². The summed E-state index contributed by atoms with van der Waals surface area (Å²) in [7, 11) is 0. The molecular formula is C17H28N2S. The lowest BCUT2D eigenvalue weighted by Gasteiger charge is -2.15. The fraction of sp³-hybridized carbons (Fsp3) is 0.765. The number of hydrogen-bond acceptors (Lipinski definition) is 3. The van der Waals surface area contributed by atoms with Crippen LogP contribution >= 0.6 is 11.3 Å². The molecule has 2 unspecified atom stereocenters. The molecule has 112 valence electrons. The second kappa shape index (κ2) is 6.59. The number of nitrogens with zero attached hydrogens (tertiary/aromatic N) is 1. The lowest BCUT2D eigenvalue weighted by atomic mass is 10.0. The fourth-order valence-corrected chi connectivity index (χ4v) is 4.80. The van der Waals surface area contributed by atoms with Crippen molar-refractivity contribution >= 4 is 11.3 Å². The van der Waals surface area contributed by atoms with E-state index in [4.69, 9.17) is 0 Å². The molecular weight excluding hydrogens is 264 g/mol. The summed E-state index contributed by atoms with van der Waals surface area (Å²) in [5, 5.41) is 3.54. The lowest BCUT2D eigenvalue weighted by molar-refractivity contribution is 0.306. The van der Waals surface area contributed by atoms with Crippen LogP contribution < -0.4 is 5.32 Å². The topological polar surface area (TPSA) is 15.3 Å². The zero-order chi connectivity index (χ0) is 13.9. The SMILES string of the molecule is CC(C)CNCc1ccc(CN2CC3CCCC3C2)s1. The first kappa shape index (κ1) is 14.6. The standard InChI is InChI=1S/C17H28N2S/c1-13(2)8-18-9-16-6-7-17(20-16)12-19-10-14-4-3-5-15(14)11-19/h6-7,13-15,18H,3-5,8-12H2,1-2H3. The van der Waals surface area contributed by atoms with Crippen molar-refractivity contribution in [2.45, 2.75) is 46.2 Å². The molecule has 2 heterocycles. The van der Waals surface area contributed by atoms with E-state index in [-0.39, 0.29) is 0 Å². The Hall–Kier alpha value is -0.380. The van der Waals surface area contributed by atoms with Gasteiger partial charge in [0.1, 0.15) is 0 Å². The van der Waals surface area contributed by atoms with Crippen LogP contribution in [0.2, 0.25) is 0 Å². The first-order chi connectivity index (χ1) is 9.70. The number of rotatable bonds is 6. The molecule has 1 aliphatic carbocycles. The van der Waals surface area contributed by atoms with Crippen LogP contribution in [0.25, 0.3) is 0 Å². The van der Waals surface area contributed by atoms with Crippen LogP contribution in [0, 0.1) is 17.8 Å². The molecule has 3 heteroatoms. The lowest BCUT2D eigenvalue weighted by Crippen LogP contribution is -2.20. The van der Waals surface area contributed by atoms with Crippen LogP contribution in [0.5, 0.6) is 0 Å². The molecule has 2 fully saturated rings. The van der Waals surface area contributed by atoms with E-state index in [0.29, 0.717) is 0 Å². The largest absolute Gasteiger partial charge is 0.312 e. The summed E-state index contributed by atoms with van der Waals surface area (Å²) in [5.74, 6) is 2.77. The second-order valence-electron chi connectivity index (χ2n) is 7.04. The average molecular weight is 292 g/mol. The molecule has 1 aromatic rings. The minimum atomic E-state index is 0.735. The van der Waals surface area contributed by atoms with Crippen molar-refractivity contribution in [1.29, 1.82) is 0 Å². The first-order valence-electron chi connectivity index (χ1n) is 8.21. The molecule has 1 aliphatic heterocycles. The van der Waals surface area contributed by atoms with Gasteiger partial charge in [-0.25, -0.2) is 0 Å². The molecule has 0 radical (unpaired) electrons. The van der Waals surface area contributed by atoms with E-state index in [1.807, 2.05) is 11.3 Å². The molecule has 0 amide bonds. The monoisotopic (exact) mass is 292 g/mol. The fourth-order valence-electron chi connectivity index (χ4n) is 3.77. The molecule has 1 aromatic heterocycles. The average Bonchev–Trinajstić information content (AvgIpc) is 3.05. The summed E-state index contributed by atoms with van der Waals surface area (Å²) >= 11 is 2.00. The number of likely N-dealkylation sites (tertiary alicyclic amines) is 1. The van der Waals surface area contributed by atoms with Crippen LogP contribution in [0.3, 0.4) is 0 Å². The van der Waals surface area contributed by atoms with E-state index in [9.17, 15) is 0 Å². The second-order valence-corrected chi connectivity index (χ2v) is 8.29. The summed E-state index contributed by atoms with van der Waals surface area (Å²) in [6.07, 6.45) is 4.44. The minimum absolute atomic E-state index is 0.735. The highest BCUT2D eigenvalue weighted by Crippen LogP contribution is 2.38. The molecule has 2 atom stereocenters. The maximum atomic E-state index is 3.54. The van der Waals surface area contributed by atoms with Gasteiger partial charge in [0.05, 0.1) is 0 Å². The maximum Gasteiger partial charge on any atom is 0.0328 e. The number of thiophene rings is 1. The van der Waals surface area contributed by atoms with Crippen LogP contribution in [-0.4, -0.2) is 24.5 Å². The molecule has 0 bridgehead atoms. The Balaban J connectivity index is 1.45. The normalized spacial score (nSPS) is 26.6. The van der Waals surface area contributed by atoms with E-state index in [1.165, 1.54) is 43.8 Å². The van der Waals surface area contributed by atoms with Gasteiger partial charge in [0.2, 0.25) is 0 Å². The summed E-state index contributed by atoms with van der Waals surface area (Å²) in [5.41, 5.74) is 0. The smallest absolute Gasteiger partial charge is 0.0328 e. The number of hydrogen-bond donors (Lipinski definition) is 1. The molecule has 1 N–H and O–H groups in total. The van der Waals surface area contributed by atoms with Gasteiger partial charge in [-0.15, -0.1) is 11.3 Å². The van der Waals surface area contributed by atoms with Crippen molar-refractivity contribution in [3.8, 4) is 0 Å². The van der Waals surface area contributed by atoms with E-state index < -0.39 is 0 Å². The zero-order valence-corrected chi connectivity index (χ0v) is 13.7. The molecule has 1 saturated heterocycles. The molecule has 20 heavy (non-hydrogen) atoms. The van der Waals surface area contributed by atoms with Gasteiger partial charge < -0.3 is 5.32 Å². The summed E-state index contributed by atoms with van der Waals surface area (Å²) < 4.78 is 0. The van der Waals surface area contributed by atoms with Crippen molar-refractivity contribution in [2.75, 3.05) is 19.6 Å². The van der Waals surface area contributed by atoms with Crippen molar-refractivity contribution < 1.29 is 0 Å². The van der Waals surface area contributed by atoms with E-state index in [2.05, 4.69) is 36.2 Å². The van der Waals surface area contributed by atoms with Crippen LogP contribution in [0.1, 0.15) is 42.9 Å². The van der Waals surface area contributed by atoms with Crippen molar-refractivity contribution in [2.24, 2.45) is 17.8 Å². The quantitative estimate of drug-likeness (QED) is 0.859. The Bertz CT molecular complexity index is 414. The van der Waals surface area contributed by atoms with Crippen LogP contribution in [-0.2, 0) is 13.1 Å². The highest BCUT2D eigenvalue weighted by molar-refractivity contribution is 7.11. The van der Waals surface area contributed by atoms with E-state index in [1.54, 1.807) is 4.88 Å². The summed E-state index contributed by atoms with van der Waals surface area (Å²) in [6.45, 7) is 10.6. The first-order valence-corrected chi connectivity index (χ1v) is 9.03. The highest BCUT2D eigenvalue weighted by atomic mass is 32.1. The Labute approximate surface area is 127 Å². The molecule has 3 rings (SSSR count). The van der Waals surface area contributed by atoms with Gasteiger partial charge in [-0.3, -0.25) is 4.90 Å². The number of fused-ring (bicyclic) bond motifs is 1. The summed E-state index contributed by atoms with van der Waals surface area (Å²) in [6, 6.07) is 4.65. The van der Waals surface area contributed by atoms with Gasteiger partial charge in [0.15, 0.2) is 0 Å². The van der Waals surface area contributed by atoms with Crippen LogP contribution in [0.4, 0.5) is 0 Å². The minimum Gasteiger partial charge on any atom is -0.312 e. The molecule has 0 spiro atoms. The van der Waals surface area contributed by atoms with E-state index in [0.717, 1.165) is 30.8 Å². The van der Waals surface area contributed by atoms with Gasteiger partial charge in [-0.05, 0) is 49.3 Å². The van der Waals surface area contributed by atoms with Crippen molar-refractivity contribution in [1.82, 2.24) is 10.2 Å². The van der Waals surface area contributed by atoms with E-state index >= 15 is 0 Å². The van der Waals surface area contributed by atoms with Gasteiger partial charge in [-0.1, -0.05) is 20.3 Å². The summed E-state index contributed by atoms with van der Waals surface area (Å²) in [4.78, 5) is 5.72. The molecule has 1 saturated carbocycles. The van der Waals surface area contributed by atoms with Gasteiger partial charge in [0, 0.05) is 35.9 Å². The Morgan fingerprint density at radius 2 is 1.90 bits per heavy atom. The maximum absolute atomic E-state index is 3.54. The molecule has 2 nitrogen and oxygen atoms in total. The third-order valence-corrected chi connectivity index (χ3v) is 5.82. The van der Waals surface area contributed by atoms with Crippen molar-refractivity contribution in [3.05, 3.63) is 21.9 Å². The van der Waals surface area contributed by atoms with Gasteiger partial charge in [0.25, 0.3) is 0 Å². The Morgan fingerprint density at radius 3 is 2.60 bits per heavy atom. The zero-order valence-electron chi connectivity index (χ0n) is 12.9. The molecule has 2 aliphatic rings. The predicted octanol–water partition coefficient (Wildman–Crippen LogP) is 3.73. The predicted molar refractivity (Wildman–Crippen MR) is 87.0 cm³/mol. The highest BCUT2D eigenvalue weighted by Gasteiger charge is 2.35. The Morgan fingerprint density at radius 1 is 1.20 bits per heavy atom. The number of nitrogens with one attached hydrogen (secondary N) is 1.